The zero-order chi connectivity index (χ0) is 9.84. The molecule has 5 heteroatoms. The standard InChI is InChI=1S/C8H10N2O3/c1-13-6-3-2-4-10(8(6)12)5-7(9)11/h2-4H,5H2,1H3,(H2,9,11). The zero-order valence-corrected chi connectivity index (χ0v) is 7.19. The first kappa shape index (κ1) is 9.31. The summed E-state index contributed by atoms with van der Waals surface area (Å²) in [6.45, 7) is -0.129. The number of rotatable bonds is 3. The summed E-state index contributed by atoms with van der Waals surface area (Å²) in [5, 5.41) is 0. The number of nitrogens with zero attached hydrogens (tertiary/aromatic N) is 1. The highest BCUT2D eigenvalue weighted by atomic mass is 16.5. The van der Waals surface area contributed by atoms with E-state index < -0.39 is 5.91 Å². The maximum absolute atomic E-state index is 11.4. The summed E-state index contributed by atoms with van der Waals surface area (Å²) >= 11 is 0. The van der Waals surface area contributed by atoms with Crippen molar-refractivity contribution < 1.29 is 9.53 Å². The minimum Gasteiger partial charge on any atom is -0.491 e. The van der Waals surface area contributed by atoms with Crippen molar-refractivity contribution in [2.24, 2.45) is 5.73 Å². The highest BCUT2D eigenvalue weighted by molar-refractivity contribution is 5.73. The van der Waals surface area contributed by atoms with Gasteiger partial charge in [-0.15, -0.1) is 0 Å². The van der Waals surface area contributed by atoms with Gasteiger partial charge in [-0.3, -0.25) is 9.59 Å². The molecule has 2 N–H and O–H groups in total. The second-order valence-electron chi connectivity index (χ2n) is 2.48. The van der Waals surface area contributed by atoms with Crippen molar-refractivity contribution in [2.45, 2.75) is 6.54 Å². The highest BCUT2D eigenvalue weighted by Crippen LogP contribution is 1.99. The van der Waals surface area contributed by atoms with E-state index in [-0.39, 0.29) is 17.9 Å². The number of amides is 1. The van der Waals surface area contributed by atoms with E-state index in [9.17, 15) is 9.59 Å². The van der Waals surface area contributed by atoms with Gasteiger partial charge in [0.25, 0.3) is 5.56 Å². The third-order valence-corrected chi connectivity index (χ3v) is 1.53. The smallest absolute Gasteiger partial charge is 0.293 e. The lowest BCUT2D eigenvalue weighted by molar-refractivity contribution is -0.118. The van der Waals surface area contributed by atoms with Gasteiger partial charge in [-0.05, 0) is 12.1 Å². The van der Waals surface area contributed by atoms with Crippen molar-refractivity contribution in [3.63, 3.8) is 0 Å². The summed E-state index contributed by atoms with van der Waals surface area (Å²) in [5.41, 5.74) is 4.59. The van der Waals surface area contributed by atoms with Crippen LogP contribution in [0.3, 0.4) is 0 Å². The van der Waals surface area contributed by atoms with Crippen LogP contribution >= 0.6 is 0 Å². The number of pyridine rings is 1. The molecule has 1 amide bonds. The molecule has 0 aliphatic rings. The van der Waals surface area contributed by atoms with Crippen LogP contribution in [0.25, 0.3) is 0 Å². The quantitative estimate of drug-likeness (QED) is 0.674. The lowest BCUT2D eigenvalue weighted by atomic mass is 10.4. The maximum atomic E-state index is 11.4. The summed E-state index contributed by atoms with van der Waals surface area (Å²) in [7, 11) is 1.39. The Balaban J connectivity index is 3.09. The molecule has 1 aromatic rings. The highest BCUT2D eigenvalue weighted by Gasteiger charge is 2.03. The predicted molar refractivity (Wildman–Crippen MR) is 46.4 cm³/mol. The van der Waals surface area contributed by atoms with Gasteiger partial charge < -0.3 is 15.0 Å². The van der Waals surface area contributed by atoms with Gasteiger partial charge in [-0.25, -0.2) is 0 Å². The van der Waals surface area contributed by atoms with Crippen molar-refractivity contribution in [1.82, 2.24) is 4.57 Å². The lowest BCUT2D eigenvalue weighted by Crippen LogP contribution is -2.27. The van der Waals surface area contributed by atoms with Gasteiger partial charge in [0.15, 0.2) is 5.75 Å². The van der Waals surface area contributed by atoms with E-state index in [0.717, 1.165) is 0 Å². The fourth-order valence-electron chi connectivity index (χ4n) is 0.963. The zero-order valence-electron chi connectivity index (χ0n) is 7.19. The molecule has 0 aromatic carbocycles. The Labute approximate surface area is 74.7 Å². The maximum Gasteiger partial charge on any atom is 0.293 e. The largest absolute Gasteiger partial charge is 0.491 e. The van der Waals surface area contributed by atoms with Gasteiger partial charge in [-0.2, -0.15) is 0 Å². The number of methoxy groups -OCH3 is 1. The van der Waals surface area contributed by atoms with Crippen molar-refractivity contribution in [1.29, 1.82) is 0 Å². The fraction of sp³-hybridized carbons (Fsp3) is 0.250. The molecular weight excluding hydrogens is 172 g/mol. The number of hydrogen-bond donors (Lipinski definition) is 1. The van der Waals surface area contributed by atoms with Crippen LogP contribution < -0.4 is 16.0 Å². The van der Waals surface area contributed by atoms with Gasteiger partial charge in [0.05, 0.1) is 7.11 Å². The Morgan fingerprint density at radius 2 is 2.38 bits per heavy atom. The molecule has 1 aromatic heterocycles. The Morgan fingerprint density at radius 3 is 2.92 bits per heavy atom. The lowest BCUT2D eigenvalue weighted by Gasteiger charge is -2.04. The molecule has 0 unspecified atom stereocenters. The topological polar surface area (TPSA) is 74.3 Å². The first-order valence-corrected chi connectivity index (χ1v) is 3.67. The van der Waals surface area contributed by atoms with E-state index in [0.29, 0.717) is 0 Å². The molecule has 1 heterocycles. The number of carbonyl (C=O) groups excluding carboxylic acids is 1. The molecule has 0 atom stereocenters. The van der Waals surface area contributed by atoms with E-state index in [2.05, 4.69) is 0 Å². The summed E-state index contributed by atoms with van der Waals surface area (Å²) in [6, 6.07) is 3.14. The average molecular weight is 182 g/mol. The molecule has 0 fully saturated rings. The Bertz CT molecular complexity index is 370. The molecule has 0 bridgehead atoms. The summed E-state index contributed by atoms with van der Waals surface area (Å²) in [6.07, 6.45) is 1.48. The number of hydrogen-bond acceptors (Lipinski definition) is 3. The van der Waals surface area contributed by atoms with Crippen LogP contribution in [0.15, 0.2) is 23.1 Å². The fourth-order valence-corrected chi connectivity index (χ4v) is 0.963. The molecule has 5 nitrogen and oxygen atoms in total. The first-order chi connectivity index (χ1) is 6.15. The minimum absolute atomic E-state index is 0.129. The molecule has 70 valence electrons. The molecule has 0 spiro atoms. The van der Waals surface area contributed by atoms with E-state index in [1.807, 2.05) is 0 Å². The normalized spacial score (nSPS) is 9.62. The third kappa shape index (κ3) is 2.08. The number of nitrogens with two attached hydrogens (primary N) is 1. The molecule has 0 radical (unpaired) electrons. The Hall–Kier alpha value is -1.78. The monoisotopic (exact) mass is 182 g/mol. The summed E-state index contributed by atoms with van der Waals surface area (Å²) in [4.78, 5) is 21.9. The van der Waals surface area contributed by atoms with Crippen molar-refractivity contribution >= 4 is 5.91 Å². The second-order valence-corrected chi connectivity index (χ2v) is 2.48. The van der Waals surface area contributed by atoms with Crippen LogP contribution in [0.4, 0.5) is 0 Å². The van der Waals surface area contributed by atoms with Crippen LogP contribution in [0.5, 0.6) is 5.75 Å². The van der Waals surface area contributed by atoms with Gasteiger partial charge >= 0.3 is 0 Å². The van der Waals surface area contributed by atoms with Crippen LogP contribution in [0.2, 0.25) is 0 Å². The average Bonchev–Trinajstić information content (AvgIpc) is 2.08. The molecule has 0 saturated heterocycles. The Morgan fingerprint density at radius 1 is 1.69 bits per heavy atom. The van der Waals surface area contributed by atoms with Crippen LogP contribution in [-0.2, 0) is 11.3 Å². The SMILES string of the molecule is COc1cccn(CC(N)=O)c1=O. The molecule has 1 rings (SSSR count). The predicted octanol–water partition coefficient (Wildman–Crippen LogP) is -0.658. The summed E-state index contributed by atoms with van der Waals surface area (Å²) < 4.78 is 5.98. The van der Waals surface area contributed by atoms with E-state index >= 15 is 0 Å². The summed E-state index contributed by atoms with van der Waals surface area (Å²) in [5.74, 6) is -0.362. The number of ether oxygens (including phenoxy) is 1. The second kappa shape index (κ2) is 3.75. The van der Waals surface area contributed by atoms with Crippen molar-refractivity contribution in [2.75, 3.05) is 7.11 Å². The molecule has 13 heavy (non-hydrogen) atoms. The van der Waals surface area contributed by atoms with Crippen LogP contribution in [0.1, 0.15) is 0 Å². The molecular formula is C8H10N2O3. The third-order valence-electron chi connectivity index (χ3n) is 1.53. The van der Waals surface area contributed by atoms with Crippen LogP contribution in [0, 0.1) is 0 Å². The van der Waals surface area contributed by atoms with Gasteiger partial charge in [0.2, 0.25) is 5.91 Å². The van der Waals surface area contributed by atoms with E-state index in [1.165, 1.54) is 23.9 Å². The van der Waals surface area contributed by atoms with Gasteiger partial charge in [0, 0.05) is 6.20 Å². The molecule has 0 saturated carbocycles. The Kier molecular flexibility index (Phi) is 2.69. The number of primary amides is 1. The van der Waals surface area contributed by atoms with Gasteiger partial charge in [0.1, 0.15) is 6.54 Å². The number of aromatic nitrogens is 1. The molecule has 0 aliphatic heterocycles. The minimum atomic E-state index is -0.560. The van der Waals surface area contributed by atoms with E-state index in [4.69, 9.17) is 10.5 Å². The van der Waals surface area contributed by atoms with Gasteiger partial charge in [-0.1, -0.05) is 0 Å². The van der Waals surface area contributed by atoms with Crippen molar-refractivity contribution in [3.8, 4) is 5.75 Å². The van der Waals surface area contributed by atoms with Crippen molar-refractivity contribution in [3.05, 3.63) is 28.7 Å². The number of carbonyl (C=O) groups is 1. The molecule has 0 aliphatic carbocycles. The van der Waals surface area contributed by atoms with E-state index in [1.54, 1.807) is 6.07 Å². The first-order valence-electron chi connectivity index (χ1n) is 3.67. The van der Waals surface area contributed by atoms with Crippen LogP contribution in [-0.4, -0.2) is 17.6 Å².